The monoisotopic (exact) mass is 374 g/mol. The van der Waals surface area contributed by atoms with Gasteiger partial charge >= 0.3 is 17.1 Å². The van der Waals surface area contributed by atoms with Gasteiger partial charge in [-0.2, -0.15) is 0 Å². The van der Waals surface area contributed by atoms with E-state index in [0.29, 0.717) is 6.54 Å². The largest absolute Gasteiger partial charge is 0.354 e. The summed E-state index contributed by atoms with van der Waals surface area (Å²) in [7, 11) is 0. The number of allylic oxidation sites excluding steroid dienone is 3. The molecule has 8 nitrogen and oxygen atoms in total. The number of carbonyl (C=O) groups excluding carboxylic acids is 1. The maximum atomic E-state index is 12.5. The molecule has 27 heavy (non-hydrogen) atoms. The summed E-state index contributed by atoms with van der Waals surface area (Å²) < 4.78 is 2.51. The third-order valence-electron chi connectivity index (χ3n) is 4.46. The molecule has 146 valence electrons. The Morgan fingerprint density at radius 2 is 1.59 bits per heavy atom. The molecule has 0 saturated carbocycles. The van der Waals surface area contributed by atoms with Crippen molar-refractivity contribution in [3.05, 3.63) is 68.4 Å². The van der Waals surface area contributed by atoms with Gasteiger partial charge in [-0.25, -0.2) is 28.1 Å². The second-order valence-electron chi connectivity index (χ2n) is 6.44. The summed E-state index contributed by atoms with van der Waals surface area (Å²) in [5.74, 6) is -0.445. The van der Waals surface area contributed by atoms with E-state index in [4.69, 9.17) is 0 Å². The molecule has 1 aliphatic rings. The van der Waals surface area contributed by atoms with Crippen LogP contribution in [0.4, 0.5) is 0 Å². The number of hydrogen-bond acceptors (Lipinski definition) is 4. The van der Waals surface area contributed by atoms with Crippen LogP contribution >= 0.6 is 0 Å². The molecule has 0 unspecified atom stereocenters. The first kappa shape index (κ1) is 20.4. The van der Waals surface area contributed by atoms with Crippen LogP contribution in [0.25, 0.3) is 0 Å². The number of nitrogens with zero attached hydrogens (tertiary/aromatic N) is 3. The Balaban J connectivity index is 2.17. The Morgan fingerprint density at radius 1 is 1.00 bits per heavy atom. The van der Waals surface area contributed by atoms with Gasteiger partial charge in [0.25, 0.3) is 0 Å². The van der Waals surface area contributed by atoms with E-state index in [1.807, 2.05) is 0 Å². The van der Waals surface area contributed by atoms with Crippen molar-refractivity contribution in [3.8, 4) is 0 Å². The van der Waals surface area contributed by atoms with Crippen LogP contribution < -0.4 is 22.4 Å². The van der Waals surface area contributed by atoms with Crippen molar-refractivity contribution >= 4 is 5.91 Å². The van der Waals surface area contributed by atoms with Gasteiger partial charge in [0.2, 0.25) is 5.91 Å². The molecule has 0 aliphatic heterocycles. The van der Waals surface area contributed by atoms with Gasteiger partial charge in [0.05, 0.1) is 13.1 Å². The summed E-state index contributed by atoms with van der Waals surface area (Å²) in [6.07, 6.45) is 10.2. The molecule has 0 spiro atoms. The topological polar surface area (TPSA) is 95.1 Å². The third kappa shape index (κ3) is 5.06. The number of amides is 1. The second-order valence-corrected chi connectivity index (χ2v) is 6.44. The van der Waals surface area contributed by atoms with Gasteiger partial charge in [-0.15, -0.1) is 13.2 Å². The summed E-state index contributed by atoms with van der Waals surface area (Å²) in [5.41, 5.74) is -1.07. The molecule has 8 heteroatoms. The summed E-state index contributed by atoms with van der Waals surface area (Å²) in [4.78, 5) is 49.4. The second kappa shape index (κ2) is 9.70. The van der Waals surface area contributed by atoms with E-state index in [1.165, 1.54) is 30.6 Å². The highest BCUT2D eigenvalue weighted by Gasteiger charge is 2.16. The number of rotatable bonds is 9. The quantitative estimate of drug-likeness (QED) is 0.639. The Morgan fingerprint density at radius 3 is 2.11 bits per heavy atom. The normalized spacial score (nSPS) is 13.7. The van der Waals surface area contributed by atoms with E-state index in [2.05, 4.69) is 24.6 Å². The number of aromatic nitrogens is 3. The molecule has 2 rings (SSSR count). The molecule has 1 aliphatic carbocycles. The highest BCUT2D eigenvalue weighted by Crippen LogP contribution is 2.19. The van der Waals surface area contributed by atoms with Gasteiger partial charge in [-0.1, -0.05) is 23.8 Å². The first-order valence-electron chi connectivity index (χ1n) is 9.10. The molecule has 0 fully saturated rings. The lowest BCUT2D eigenvalue weighted by Gasteiger charge is -2.14. The van der Waals surface area contributed by atoms with Crippen LogP contribution in [0.3, 0.4) is 0 Å². The SMILES string of the molecule is C=CCn1c(=O)n(CC=C)c(=O)n(CC(=O)NCCC2=CCCCC2)c1=O. The van der Waals surface area contributed by atoms with Crippen LogP contribution in [0.2, 0.25) is 0 Å². The van der Waals surface area contributed by atoms with Crippen molar-refractivity contribution < 1.29 is 4.79 Å². The van der Waals surface area contributed by atoms with Crippen molar-refractivity contribution in [1.29, 1.82) is 0 Å². The van der Waals surface area contributed by atoms with Crippen molar-refractivity contribution in [2.75, 3.05) is 6.54 Å². The maximum absolute atomic E-state index is 12.5. The van der Waals surface area contributed by atoms with Crippen molar-refractivity contribution in [3.63, 3.8) is 0 Å². The Kier molecular flexibility index (Phi) is 7.34. The third-order valence-corrected chi connectivity index (χ3v) is 4.46. The van der Waals surface area contributed by atoms with Gasteiger partial charge in [0, 0.05) is 6.54 Å². The lowest BCUT2D eigenvalue weighted by atomic mass is 9.97. The molecule has 1 heterocycles. The molecule has 0 bridgehead atoms. The van der Waals surface area contributed by atoms with Gasteiger partial charge in [-0.05, 0) is 32.1 Å². The van der Waals surface area contributed by atoms with Crippen LogP contribution in [0.5, 0.6) is 0 Å². The van der Waals surface area contributed by atoms with Gasteiger partial charge in [-0.3, -0.25) is 4.79 Å². The summed E-state index contributed by atoms with van der Waals surface area (Å²) in [6.45, 7) is 6.93. The van der Waals surface area contributed by atoms with Crippen molar-refractivity contribution in [2.24, 2.45) is 0 Å². The zero-order valence-corrected chi connectivity index (χ0v) is 15.5. The highest BCUT2D eigenvalue weighted by atomic mass is 16.2. The van der Waals surface area contributed by atoms with Gasteiger partial charge < -0.3 is 5.32 Å². The molecular weight excluding hydrogens is 348 g/mol. The fourth-order valence-electron chi connectivity index (χ4n) is 3.08. The predicted octanol–water partition coefficient (Wildman–Crippen LogP) is 0.550. The fourth-order valence-corrected chi connectivity index (χ4v) is 3.08. The predicted molar refractivity (Wildman–Crippen MR) is 104 cm³/mol. The molecule has 1 aromatic rings. The summed E-state index contributed by atoms with van der Waals surface area (Å²) in [6, 6.07) is 0. The smallest absolute Gasteiger partial charge is 0.337 e. The lowest BCUT2D eigenvalue weighted by molar-refractivity contribution is -0.121. The standard InChI is InChI=1S/C19H26N4O4/c1-3-12-21-17(25)22(13-4-2)19(27)23(18(21)26)14-16(24)20-11-10-15-8-6-5-7-9-15/h3-4,8H,1-2,5-7,9-14H2,(H,20,24). The van der Waals surface area contributed by atoms with Crippen LogP contribution in [0.15, 0.2) is 51.3 Å². The van der Waals surface area contributed by atoms with Crippen LogP contribution in [0, 0.1) is 0 Å². The van der Waals surface area contributed by atoms with E-state index in [1.54, 1.807) is 0 Å². The van der Waals surface area contributed by atoms with Crippen molar-refractivity contribution in [2.45, 2.75) is 51.7 Å². The van der Waals surface area contributed by atoms with Gasteiger partial charge in [0.1, 0.15) is 6.54 Å². The molecule has 0 aromatic carbocycles. The zero-order valence-electron chi connectivity index (χ0n) is 15.5. The molecule has 1 aromatic heterocycles. The first-order chi connectivity index (χ1) is 13.0. The molecule has 0 radical (unpaired) electrons. The van der Waals surface area contributed by atoms with Crippen LogP contribution in [-0.4, -0.2) is 26.2 Å². The van der Waals surface area contributed by atoms with E-state index < -0.39 is 29.5 Å². The zero-order chi connectivity index (χ0) is 19.8. The highest BCUT2D eigenvalue weighted by molar-refractivity contribution is 5.75. The van der Waals surface area contributed by atoms with Gasteiger partial charge in [0.15, 0.2) is 0 Å². The molecule has 1 amide bonds. The number of nitrogens with one attached hydrogen (secondary N) is 1. The first-order valence-corrected chi connectivity index (χ1v) is 9.10. The van der Waals surface area contributed by atoms with Crippen LogP contribution in [0.1, 0.15) is 32.1 Å². The average molecular weight is 374 g/mol. The summed E-state index contributed by atoms with van der Waals surface area (Å²) in [5, 5.41) is 2.74. The van der Waals surface area contributed by atoms with Crippen LogP contribution in [-0.2, 0) is 24.4 Å². The van der Waals surface area contributed by atoms with E-state index in [9.17, 15) is 19.2 Å². The minimum Gasteiger partial charge on any atom is -0.354 e. The van der Waals surface area contributed by atoms with E-state index in [-0.39, 0.29) is 13.1 Å². The minimum atomic E-state index is -0.824. The van der Waals surface area contributed by atoms with E-state index >= 15 is 0 Å². The Hall–Kier alpha value is -2.90. The minimum absolute atomic E-state index is 0.0507. The number of hydrogen-bond donors (Lipinski definition) is 1. The Labute approximate surface area is 157 Å². The molecule has 0 atom stereocenters. The van der Waals surface area contributed by atoms with E-state index in [0.717, 1.165) is 33.0 Å². The Bertz CT molecular complexity index is 869. The summed E-state index contributed by atoms with van der Waals surface area (Å²) >= 11 is 0. The molecule has 1 N–H and O–H groups in total. The number of carbonyl (C=O) groups is 1. The molecular formula is C19H26N4O4. The average Bonchev–Trinajstić information content (AvgIpc) is 2.67. The molecule has 0 saturated heterocycles. The maximum Gasteiger partial charge on any atom is 0.337 e. The van der Waals surface area contributed by atoms with Crippen molar-refractivity contribution in [1.82, 2.24) is 19.0 Å². The lowest BCUT2D eigenvalue weighted by Crippen LogP contribution is -2.55. The fraction of sp³-hybridized carbons (Fsp3) is 0.474.